The molecule has 0 aliphatic carbocycles. The summed E-state index contributed by atoms with van der Waals surface area (Å²) in [6.45, 7) is 3.56. The lowest BCUT2D eigenvalue weighted by Crippen LogP contribution is -2.31. The minimum Gasteiger partial charge on any atom is -0.331 e. The molecule has 2 rings (SSSR count). The third kappa shape index (κ3) is 3.78. The van der Waals surface area contributed by atoms with Gasteiger partial charge in [0.05, 0.1) is 11.0 Å². The number of aromatic nitrogens is 1. The summed E-state index contributed by atoms with van der Waals surface area (Å²) in [5, 5.41) is 16.2. The fraction of sp³-hybridized carbons (Fsp3) is 0.200. The van der Waals surface area contributed by atoms with Crippen LogP contribution in [0.15, 0.2) is 42.7 Å². The first-order valence-corrected chi connectivity index (χ1v) is 6.70. The fourth-order valence-corrected chi connectivity index (χ4v) is 1.99. The zero-order chi connectivity index (χ0) is 16.1. The molecule has 0 fully saturated rings. The lowest BCUT2D eigenvalue weighted by molar-refractivity contribution is -0.384. The van der Waals surface area contributed by atoms with Crippen molar-refractivity contribution < 1.29 is 9.72 Å². The van der Waals surface area contributed by atoms with Crippen LogP contribution < -0.4 is 10.6 Å². The van der Waals surface area contributed by atoms with Gasteiger partial charge in [0, 0.05) is 30.2 Å². The Kier molecular flexibility index (Phi) is 4.67. The number of non-ortho nitro benzene ring substituents is 1. The van der Waals surface area contributed by atoms with Gasteiger partial charge in [0.1, 0.15) is 0 Å². The zero-order valence-electron chi connectivity index (χ0n) is 12.2. The van der Waals surface area contributed by atoms with Gasteiger partial charge in [-0.2, -0.15) is 0 Å². The summed E-state index contributed by atoms with van der Waals surface area (Å²) < 4.78 is 0. The second kappa shape index (κ2) is 6.66. The van der Waals surface area contributed by atoms with E-state index in [1.54, 1.807) is 19.3 Å². The van der Waals surface area contributed by atoms with E-state index in [0.717, 1.165) is 5.56 Å². The Hall–Kier alpha value is -2.96. The highest BCUT2D eigenvalue weighted by Gasteiger charge is 2.12. The summed E-state index contributed by atoms with van der Waals surface area (Å²) in [4.78, 5) is 26.1. The Morgan fingerprint density at radius 2 is 1.95 bits per heavy atom. The largest absolute Gasteiger partial charge is 0.331 e. The molecule has 114 valence electrons. The molecule has 7 heteroatoms. The average Bonchev–Trinajstić information content (AvgIpc) is 2.50. The summed E-state index contributed by atoms with van der Waals surface area (Å²) in [6.07, 6.45) is 3.32. The standard InChI is InChI=1S/C15H16N4O3/c1-10-9-13(19(21)22)3-4-14(10)18-15(20)17-11(2)12-5-7-16-8-6-12/h3-9,11H,1-2H3,(H2,17,18,20)/t11-/m0/s1. The van der Waals surface area contributed by atoms with Crippen molar-refractivity contribution in [3.05, 3.63) is 64.0 Å². The molecule has 2 aromatic rings. The molecule has 0 saturated heterocycles. The predicted molar refractivity (Wildman–Crippen MR) is 82.6 cm³/mol. The smallest absolute Gasteiger partial charge is 0.319 e. The van der Waals surface area contributed by atoms with Gasteiger partial charge in [-0.05, 0) is 43.2 Å². The summed E-state index contributed by atoms with van der Waals surface area (Å²) in [6, 6.07) is 7.38. The number of aryl methyl sites for hydroxylation is 1. The van der Waals surface area contributed by atoms with Gasteiger partial charge >= 0.3 is 6.03 Å². The van der Waals surface area contributed by atoms with Crippen molar-refractivity contribution in [2.24, 2.45) is 0 Å². The average molecular weight is 300 g/mol. The van der Waals surface area contributed by atoms with E-state index in [1.165, 1.54) is 18.2 Å². The third-order valence-corrected chi connectivity index (χ3v) is 3.22. The van der Waals surface area contributed by atoms with Gasteiger partial charge in [0.15, 0.2) is 0 Å². The highest BCUT2D eigenvalue weighted by molar-refractivity contribution is 5.90. The van der Waals surface area contributed by atoms with Gasteiger partial charge in [-0.3, -0.25) is 15.1 Å². The van der Waals surface area contributed by atoms with Crippen LogP contribution in [0.2, 0.25) is 0 Å². The van der Waals surface area contributed by atoms with Crippen molar-refractivity contribution in [3.8, 4) is 0 Å². The van der Waals surface area contributed by atoms with Crippen molar-refractivity contribution in [2.75, 3.05) is 5.32 Å². The lowest BCUT2D eigenvalue weighted by atomic mass is 10.1. The first kappa shape index (κ1) is 15.4. The molecule has 1 atom stereocenters. The predicted octanol–water partition coefficient (Wildman–Crippen LogP) is 3.18. The monoisotopic (exact) mass is 300 g/mol. The Balaban J connectivity index is 2.02. The number of hydrogen-bond donors (Lipinski definition) is 2. The zero-order valence-corrected chi connectivity index (χ0v) is 12.2. The van der Waals surface area contributed by atoms with Gasteiger partial charge in [0.2, 0.25) is 0 Å². The second-order valence-corrected chi connectivity index (χ2v) is 4.86. The first-order valence-electron chi connectivity index (χ1n) is 6.70. The molecule has 2 N–H and O–H groups in total. The van der Waals surface area contributed by atoms with Crippen LogP contribution in [0.1, 0.15) is 24.1 Å². The molecule has 0 unspecified atom stereocenters. The molecule has 0 aliphatic heterocycles. The van der Waals surface area contributed by atoms with Crippen LogP contribution in [0.25, 0.3) is 0 Å². The number of nitrogens with one attached hydrogen (secondary N) is 2. The number of nitrogens with zero attached hydrogens (tertiary/aromatic N) is 2. The van der Waals surface area contributed by atoms with Crippen molar-refractivity contribution >= 4 is 17.4 Å². The fourth-order valence-electron chi connectivity index (χ4n) is 1.99. The van der Waals surface area contributed by atoms with Crippen LogP contribution in [0.4, 0.5) is 16.2 Å². The topological polar surface area (TPSA) is 97.2 Å². The van der Waals surface area contributed by atoms with Crippen LogP contribution in [0.3, 0.4) is 0 Å². The molecule has 22 heavy (non-hydrogen) atoms. The molecule has 1 aromatic carbocycles. The van der Waals surface area contributed by atoms with Gasteiger partial charge in [-0.15, -0.1) is 0 Å². The summed E-state index contributed by atoms with van der Waals surface area (Å²) in [5.41, 5.74) is 2.09. The van der Waals surface area contributed by atoms with Gasteiger partial charge in [-0.1, -0.05) is 0 Å². The molecular weight excluding hydrogens is 284 g/mol. The molecular formula is C15H16N4O3. The molecule has 0 spiro atoms. The second-order valence-electron chi connectivity index (χ2n) is 4.86. The lowest BCUT2D eigenvalue weighted by Gasteiger charge is -2.15. The van der Waals surface area contributed by atoms with Gasteiger partial charge in [0.25, 0.3) is 5.69 Å². The number of carbonyl (C=O) groups is 1. The van der Waals surface area contributed by atoms with Crippen LogP contribution in [-0.4, -0.2) is 15.9 Å². The van der Waals surface area contributed by atoms with E-state index >= 15 is 0 Å². The first-order chi connectivity index (χ1) is 10.5. The summed E-state index contributed by atoms with van der Waals surface area (Å²) in [7, 11) is 0. The van der Waals surface area contributed by atoms with Crippen LogP contribution in [0.5, 0.6) is 0 Å². The van der Waals surface area contributed by atoms with Crippen molar-refractivity contribution in [1.29, 1.82) is 0 Å². The van der Waals surface area contributed by atoms with E-state index in [1.807, 2.05) is 19.1 Å². The van der Waals surface area contributed by atoms with E-state index in [4.69, 9.17) is 0 Å². The van der Waals surface area contributed by atoms with Crippen molar-refractivity contribution in [1.82, 2.24) is 10.3 Å². The van der Waals surface area contributed by atoms with Crippen LogP contribution >= 0.6 is 0 Å². The van der Waals surface area contributed by atoms with Crippen LogP contribution in [-0.2, 0) is 0 Å². The Labute approximate surface area is 127 Å². The minimum atomic E-state index is -0.470. The molecule has 0 aliphatic rings. The Morgan fingerprint density at radius 3 is 2.55 bits per heavy atom. The maximum Gasteiger partial charge on any atom is 0.319 e. The van der Waals surface area contributed by atoms with E-state index in [0.29, 0.717) is 11.3 Å². The highest BCUT2D eigenvalue weighted by atomic mass is 16.6. The highest BCUT2D eigenvalue weighted by Crippen LogP contribution is 2.21. The van der Waals surface area contributed by atoms with E-state index < -0.39 is 4.92 Å². The summed E-state index contributed by atoms with van der Waals surface area (Å²) in [5.74, 6) is 0. The minimum absolute atomic E-state index is 0.00592. The third-order valence-electron chi connectivity index (χ3n) is 3.22. The Bertz CT molecular complexity index is 688. The molecule has 0 bridgehead atoms. The molecule has 0 saturated carbocycles. The number of nitro groups is 1. The number of hydrogen-bond acceptors (Lipinski definition) is 4. The molecule has 7 nitrogen and oxygen atoms in total. The number of anilines is 1. The van der Waals surface area contributed by atoms with E-state index in [9.17, 15) is 14.9 Å². The quantitative estimate of drug-likeness (QED) is 0.669. The van der Waals surface area contributed by atoms with E-state index in [-0.39, 0.29) is 17.8 Å². The molecule has 1 aromatic heterocycles. The van der Waals surface area contributed by atoms with E-state index in [2.05, 4.69) is 15.6 Å². The van der Waals surface area contributed by atoms with Gasteiger partial charge in [-0.25, -0.2) is 4.79 Å². The maximum absolute atomic E-state index is 12.0. The van der Waals surface area contributed by atoms with Crippen LogP contribution in [0, 0.1) is 17.0 Å². The number of pyridine rings is 1. The molecule has 2 amide bonds. The SMILES string of the molecule is Cc1cc([N+](=O)[O-])ccc1NC(=O)N[C@@H](C)c1ccncc1. The number of carbonyl (C=O) groups excluding carboxylic acids is 1. The number of rotatable bonds is 4. The summed E-state index contributed by atoms with van der Waals surface area (Å²) >= 11 is 0. The molecule has 1 heterocycles. The Morgan fingerprint density at radius 1 is 1.27 bits per heavy atom. The van der Waals surface area contributed by atoms with Gasteiger partial charge < -0.3 is 10.6 Å². The van der Waals surface area contributed by atoms with Crippen molar-refractivity contribution in [2.45, 2.75) is 19.9 Å². The normalized spacial score (nSPS) is 11.5. The van der Waals surface area contributed by atoms with Crippen molar-refractivity contribution in [3.63, 3.8) is 0 Å². The number of nitro benzene ring substituents is 1. The maximum atomic E-state index is 12.0. The molecule has 0 radical (unpaired) electrons. The number of benzene rings is 1. The number of amides is 2. The number of urea groups is 1.